The smallest absolute Gasteiger partial charge is 0.137 e. The minimum atomic E-state index is -0.531. The molecule has 0 saturated carbocycles. The summed E-state index contributed by atoms with van der Waals surface area (Å²) in [5, 5.41) is 13.3. The van der Waals surface area contributed by atoms with Crippen LogP contribution in [-0.2, 0) is 0 Å². The number of hydrogen-bond donors (Lipinski definition) is 2. The van der Waals surface area contributed by atoms with E-state index in [1.54, 1.807) is 0 Å². The van der Waals surface area contributed by atoms with E-state index < -0.39 is 5.60 Å². The Morgan fingerprint density at radius 2 is 1.89 bits per heavy atom. The van der Waals surface area contributed by atoms with Crippen molar-refractivity contribution in [2.45, 2.75) is 46.1 Å². The van der Waals surface area contributed by atoms with E-state index in [1.807, 2.05) is 13.8 Å². The Morgan fingerprint density at radius 1 is 1.26 bits per heavy atom. The molecule has 0 atom stereocenters. The van der Waals surface area contributed by atoms with Gasteiger partial charge in [-0.2, -0.15) is 0 Å². The molecule has 5 heteroatoms. The van der Waals surface area contributed by atoms with Gasteiger partial charge in [-0.15, -0.1) is 0 Å². The summed E-state index contributed by atoms with van der Waals surface area (Å²) in [6.07, 6.45) is 1.57. The van der Waals surface area contributed by atoms with Crippen molar-refractivity contribution in [1.82, 2.24) is 9.97 Å². The van der Waals surface area contributed by atoms with Crippen LogP contribution in [0, 0.1) is 13.8 Å². The topological polar surface area (TPSA) is 61.3 Å². The second-order valence-electron chi connectivity index (χ2n) is 5.58. The lowest BCUT2D eigenvalue weighted by Gasteiger charge is -2.37. The number of hydrogen-bond acceptors (Lipinski definition) is 5. The molecule has 1 aliphatic rings. The van der Waals surface area contributed by atoms with Gasteiger partial charge in [0.15, 0.2) is 0 Å². The molecule has 2 rings (SSSR count). The van der Waals surface area contributed by atoms with Crippen LogP contribution in [0.2, 0.25) is 0 Å². The van der Waals surface area contributed by atoms with Crippen LogP contribution in [0.3, 0.4) is 0 Å². The van der Waals surface area contributed by atoms with Crippen LogP contribution < -0.4 is 10.2 Å². The highest BCUT2D eigenvalue weighted by Gasteiger charge is 2.29. The summed E-state index contributed by atoms with van der Waals surface area (Å²) in [5.41, 5.74) is 0.561. The summed E-state index contributed by atoms with van der Waals surface area (Å²) in [6, 6.07) is 0. The fraction of sp³-hybridized carbons (Fsp3) is 0.714. The van der Waals surface area contributed by atoms with E-state index in [9.17, 15) is 5.11 Å². The largest absolute Gasteiger partial charge is 0.390 e. The Bertz CT molecular complexity index is 449. The molecule has 0 aromatic carbocycles. The minimum Gasteiger partial charge on any atom is -0.390 e. The van der Waals surface area contributed by atoms with Gasteiger partial charge in [0, 0.05) is 25.2 Å². The van der Waals surface area contributed by atoms with Crippen LogP contribution >= 0.6 is 0 Å². The van der Waals surface area contributed by atoms with Crippen LogP contribution in [0.1, 0.15) is 38.1 Å². The van der Waals surface area contributed by atoms with Crippen molar-refractivity contribution in [3.63, 3.8) is 0 Å². The number of nitrogens with zero attached hydrogens (tertiary/aromatic N) is 3. The second kappa shape index (κ2) is 5.33. The molecule has 0 amide bonds. The molecule has 1 saturated heterocycles. The van der Waals surface area contributed by atoms with Crippen LogP contribution in [0.5, 0.6) is 0 Å². The third kappa shape index (κ3) is 3.15. The first-order valence-electron chi connectivity index (χ1n) is 6.99. The van der Waals surface area contributed by atoms with Crippen LogP contribution in [-0.4, -0.2) is 40.3 Å². The van der Waals surface area contributed by atoms with E-state index in [4.69, 9.17) is 0 Å². The lowest BCUT2D eigenvalue weighted by Crippen LogP contribution is -2.43. The molecule has 0 radical (unpaired) electrons. The molecule has 2 heterocycles. The lowest BCUT2D eigenvalue weighted by atomic mass is 9.94. The lowest BCUT2D eigenvalue weighted by molar-refractivity contribution is 0.0350. The predicted octanol–water partition coefficient (Wildman–Crippen LogP) is 1.88. The minimum absolute atomic E-state index is 0.531. The zero-order valence-electron chi connectivity index (χ0n) is 12.3. The van der Waals surface area contributed by atoms with Crippen LogP contribution in [0.15, 0.2) is 0 Å². The molecule has 0 spiro atoms. The van der Waals surface area contributed by atoms with Gasteiger partial charge in [-0.25, -0.2) is 9.97 Å². The zero-order valence-corrected chi connectivity index (χ0v) is 12.3. The van der Waals surface area contributed by atoms with Crippen molar-refractivity contribution in [3.05, 3.63) is 11.4 Å². The normalized spacial score (nSPS) is 18.5. The predicted molar refractivity (Wildman–Crippen MR) is 77.7 cm³/mol. The molecule has 0 aliphatic carbocycles. The monoisotopic (exact) mass is 264 g/mol. The molecule has 1 fully saturated rings. The molecule has 0 bridgehead atoms. The molecule has 1 aromatic rings. The van der Waals surface area contributed by atoms with E-state index in [2.05, 4.69) is 34.0 Å². The van der Waals surface area contributed by atoms with Crippen molar-refractivity contribution >= 4 is 11.6 Å². The van der Waals surface area contributed by atoms with E-state index >= 15 is 0 Å². The molecular weight excluding hydrogens is 240 g/mol. The summed E-state index contributed by atoms with van der Waals surface area (Å²) in [7, 11) is 0. The van der Waals surface area contributed by atoms with Gasteiger partial charge in [-0.1, -0.05) is 0 Å². The third-order valence-corrected chi connectivity index (χ3v) is 3.72. The van der Waals surface area contributed by atoms with Gasteiger partial charge < -0.3 is 15.3 Å². The Hall–Kier alpha value is -1.36. The Labute approximate surface area is 115 Å². The van der Waals surface area contributed by atoms with Crippen LogP contribution in [0.25, 0.3) is 0 Å². The Morgan fingerprint density at radius 3 is 2.47 bits per heavy atom. The number of piperidine rings is 1. The van der Waals surface area contributed by atoms with Gasteiger partial charge >= 0.3 is 0 Å². The molecule has 2 N–H and O–H groups in total. The number of anilines is 2. The van der Waals surface area contributed by atoms with Gasteiger partial charge in [-0.05, 0) is 40.5 Å². The number of nitrogens with one attached hydrogen (secondary N) is 1. The quantitative estimate of drug-likeness (QED) is 0.873. The van der Waals surface area contributed by atoms with Gasteiger partial charge in [0.25, 0.3) is 0 Å². The molecular formula is C14H24N4O. The highest BCUT2D eigenvalue weighted by molar-refractivity contribution is 5.58. The van der Waals surface area contributed by atoms with Crippen molar-refractivity contribution in [2.24, 2.45) is 0 Å². The maximum Gasteiger partial charge on any atom is 0.137 e. The fourth-order valence-corrected chi connectivity index (χ4v) is 2.46. The number of rotatable bonds is 3. The summed E-state index contributed by atoms with van der Waals surface area (Å²) in [6.45, 7) is 10.5. The summed E-state index contributed by atoms with van der Waals surface area (Å²) in [4.78, 5) is 11.3. The average molecular weight is 264 g/mol. The maximum absolute atomic E-state index is 10.0. The number of aromatic nitrogens is 2. The fourth-order valence-electron chi connectivity index (χ4n) is 2.46. The van der Waals surface area contributed by atoms with E-state index in [-0.39, 0.29) is 0 Å². The average Bonchev–Trinajstić information content (AvgIpc) is 2.34. The van der Waals surface area contributed by atoms with Crippen molar-refractivity contribution in [1.29, 1.82) is 0 Å². The standard InChI is InChI=1S/C14H24N4O/c1-5-15-12-10(2)13(17-11(3)16-12)18-8-6-14(4,19)7-9-18/h19H,5-9H2,1-4H3,(H,15,16,17). The number of aliphatic hydroxyl groups is 1. The summed E-state index contributed by atoms with van der Waals surface area (Å²) in [5.74, 6) is 2.70. The van der Waals surface area contributed by atoms with Crippen molar-refractivity contribution in [3.8, 4) is 0 Å². The molecule has 5 nitrogen and oxygen atoms in total. The summed E-state index contributed by atoms with van der Waals surface area (Å²) < 4.78 is 0. The molecule has 106 valence electrons. The summed E-state index contributed by atoms with van der Waals surface area (Å²) >= 11 is 0. The van der Waals surface area contributed by atoms with E-state index in [1.165, 1.54) is 0 Å². The highest BCUT2D eigenvalue weighted by Crippen LogP contribution is 2.29. The first kappa shape index (κ1) is 14.1. The molecule has 1 aliphatic heterocycles. The molecule has 0 unspecified atom stereocenters. The van der Waals surface area contributed by atoms with Gasteiger partial charge in [0.2, 0.25) is 0 Å². The third-order valence-electron chi connectivity index (χ3n) is 3.72. The molecule has 1 aromatic heterocycles. The first-order chi connectivity index (χ1) is 8.93. The van der Waals surface area contributed by atoms with E-state index in [0.29, 0.717) is 0 Å². The van der Waals surface area contributed by atoms with Gasteiger partial charge in [0.1, 0.15) is 17.5 Å². The van der Waals surface area contributed by atoms with E-state index in [0.717, 1.165) is 55.5 Å². The highest BCUT2D eigenvalue weighted by atomic mass is 16.3. The van der Waals surface area contributed by atoms with Crippen LogP contribution in [0.4, 0.5) is 11.6 Å². The number of aryl methyl sites for hydroxylation is 1. The van der Waals surface area contributed by atoms with Gasteiger partial charge in [0.05, 0.1) is 5.60 Å². The van der Waals surface area contributed by atoms with Crippen molar-refractivity contribution < 1.29 is 5.11 Å². The second-order valence-corrected chi connectivity index (χ2v) is 5.58. The zero-order chi connectivity index (χ0) is 14.0. The Kier molecular flexibility index (Phi) is 3.94. The first-order valence-corrected chi connectivity index (χ1v) is 6.99. The van der Waals surface area contributed by atoms with Gasteiger partial charge in [-0.3, -0.25) is 0 Å². The SMILES string of the molecule is CCNc1nc(C)nc(N2CCC(C)(O)CC2)c1C. The maximum atomic E-state index is 10.0. The molecule has 19 heavy (non-hydrogen) atoms. The van der Waals surface area contributed by atoms with Crippen molar-refractivity contribution in [2.75, 3.05) is 29.9 Å². The Balaban J connectivity index is 2.25.